The molecule has 2 atom stereocenters. The Bertz CT molecular complexity index is 370. The highest BCUT2D eigenvalue weighted by Crippen LogP contribution is 2.54. The number of unbranched alkanes of at least 4 members (excludes halogenated alkanes) is 1. The molecule has 5 nitrogen and oxygen atoms in total. The van der Waals surface area contributed by atoms with Crippen molar-refractivity contribution in [3.8, 4) is 0 Å². The van der Waals surface area contributed by atoms with Crippen molar-refractivity contribution in [2.24, 2.45) is 5.92 Å². The van der Waals surface area contributed by atoms with Crippen LogP contribution in [-0.4, -0.2) is 51.9 Å². The summed E-state index contributed by atoms with van der Waals surface area (Å²) in [4.78, 5) is 19.8. The molecule has 0 aliphatic heterocycles. The summed E-state index contributed by atoms with van der Waals surface area (Å²) in [6.45, 7) is 2.04. The third-order valence-corrected chi connectivity index (χ3v) is 6.52. The van der Waals surface area contributed by atoms with Crippen molar-refractivity contribution >= 4 is 7.60 Å². The zero-order valence-electron chi connectivity index (χ0n) is 14.0. The van der Waals surface area contributed by atoms with E-state index in [0.717, 1.165) is 44.9 Å². The van der Waals surface area contributed by atoms with Crippen LogP contribution in [0.4, 0.5) is 0 Å². The van der Waals surface area contributed by atoms with Gasteiger partial charge in [-0.3, -0.25) is 4.57 Å². The summed E-state index contributed by atoms with van der Waals surface area (Å²) < 4.78 is 12.2. The Morgan fingerprint density at radius 1 is 1.19 bits per heavy atom. The molecule has 0 radical (unpaired) electrons. The molecule has 21 heavy (non-hydrogen) atoms. The number of nitrogens with zero attached hydrogens (tertiary/aromatic N) is 1. The SMILES string of the molecule is CCCCC(O)(C1CCCCC1)C([N+](C)(C)C)P(=O)(O)O. The molecule has 126 valence electrons. The Morgan fingerprint density at radius 3 is 2.10 bits per heavy atom. The first-order chi connectivity index (χ1) is 9.53. The molecule has 0 saturated heterocycles. The van der Waals surface area contributed by atoms with Crippen molar-refractivity contribution in [1.29, 1.82) is 0 Å². The average Bonchev–Trinajstić information content (AvgIpc) is 2.34. The minimum atomic E-state index is -4.40. The second-order valence-corrected chi connectivity index (χ2v) is 9.18. The van der Waals surface area contributed by atoms with Gasteiger partial charge in [0.2, 0.25) is 5.78 Å². The number of likely N-dealkylation sites (N-methyl/N-ethyl adjacent to an activating group) is 1. The highest BCUT2D eigenvalue weighted by molar-refractivity contribution is 7.52. The average molecular weight is 322 g/mol. The standard InChI is InChI=1S/C15H32NO4P/c1-5-6-12-15(17,13-10-8-7-9-11-13)14(16(2,3)4)21(18,19)20/h13-14,17H,5-12H2,1-4H3,(H-,18,19,20)/p+1. The smallest absolute Gasteiger partial charge is 0.383 e. The molecular formula is C15H33NO4P+. The van der Waals surface area contributed by atoms with Crippen molar-refractivity contribution < 1.29 is 23.9 Å². The molecule has 0 spiro atoms. The van der Waals surface area contributed by atoms with Crippen LogP contribution >= 0.6 is 7.60 Å². The summed E-state index contributed by atoms with van der Waals surface area (Å²) >= 11 is 0. The molecule has 1 aliphatic carbocycles. The molecule has 0 aromatic carbocycles. The van der Waals surface area contributed by atoms with Gasteiger partial charge in [0.05, 0.1) is 21.1 Å². The minimum absolute atomic E-state index is 0.00669. The van der Waals surface area contributed by atoms with Gasteiger partial charge in [-0.05, 0) is 25.2 Å². The van der Waals surface area contributed by atoms with E-state index in [1.54, 1.807) is 21.1 Å². The second kappa shape index (κ2) is 7.10. The van der Waals surface area contributed by atoms with E-state index in [2.05, 4.69) is 0 Å². The highest BCUT2D eigenvalue weighted by Gasteiger charge is 2.58. The van der Waals surface area contributed by atoms with Crippen LogP contribution in [0.15, 0.2) is 0 Å². The van der Waals surface area contributed by atoms with E-state index < -0.39 is 19.0 Å². The van der Waals surface area contributed by atoms with E-state index in [0.29, 0.717) is 6.42 Å². The monoisotopic (exact) mass is 322 g/mol. The molecule has 1 fully saturated rings. The van der Waals surface area contributed by atoms with Crippen LogP contribution in [0.1, 0.15) is 58.3 Å². The Balaban J connectivity index is 3.21. The Kier molecular flexibility index (Phi) is 6.46. The Labute approximate surface area is 129 Å². The van der Waals surface area contributed by atoms with E-state index in [-0.39, 0.29) is 10.4 Å². The molecule has 0 bridgehead atoms. The van der Waals surface area contributed by atoms with Crippen molar-refractivity contribution in [2.45, 2.75) is 69.7 Å². The van der Waals surface area contributed by atoms with Crippen LogP contribution < -0.4 is 0 Å². The first-order valence-corrected chi connectivity index (χ1v) is 9.80. The van der Waals surface area contributed by atoms with Crippen LogP contribution in [0.25, 0.3) is 0 Å². The zero-order chi connectivity index (χ0) is 16.3. The predicted octanol–water partition coefficient (Wildman–Crippen LogP) is 2.70. The van der Waals surface area contributed by atoms with Gasteiger partial charge in [0.1, 0.15) is 5.60 Å². The molecule has 0 aromatic rings. The van der Waals surface area contributed by atoms with E-state index in [9.17, 15) is 19.5 Å². The largest absolute Gasteiger partial charge is 0.385 e. The van der Waals surface area contributed by atoms with Gasteiger partial charge in [0.25, 0.3) is 0 Å². The molecule has 3 N–H and O–H groups in total. The van der Waals surface area contributed by atoms with Gasteiger partial charge < -0.3 is 19.4 Å². The number of aliphatic hydroxyl groups is 1. The van der Waals surface area contributed by atoms with Crippen LogP contribution in [-0.2, 0) is 4.57 Å². The molecule has 6 heteroatoms. The van der Waals surface area contributed by atoms with Gasteiger partial charge in [-0.25, -0.2) is 0 Å². The predicted molar refractivity (Wildman–Crippen MR) is 84.9 cm³/mol. The lowest BCUT2D eigenvalue weighted by Gasteiger charge is -2.48. The van der Waals surface area contributed by atoms with E-state index in [1.165, 1.54) is 0 Å². The fraction of sp³-hybridized carbons (Fsp3) is 1.00. The lowest BCUT2D eigenvalue weighted by Crippen LogP contribution is -2.61. The molecule has 0 amide bonds. The fourth-order valence-electron chi connectivity index (χ4n) is 4.02. The van der Waals surface area contributed by atoms with Crippen LogP contribution in [0.3, 0.4) is 0 Å². The van der Waals surface area contributed by atoms with Gasteiger partial charge in [-0.1, -0.05) is 39.0 Å². The van der Waals surface area contributed by atoms with Crippen LogP contribution in [0, 0.1) is 5.92 Å². The van der Waals surface area contributed by atoms with Gasteiger partial charge in [0.15, 0.2) is 0 Å². The van der Waals surface area contributed by atoms with E-state index in [4.69, 9.17) is 0 Å². The number of quaternary nitrogens is 1. The summed E-state index contributed by atoms with van der Waals surface area (Å²) in [5.41, 5.74) is -1.28. The molecule has 0 heterocycles. The maximum Gasteiger partial charge on any atom is 0.385 e. The molecule has 1 saturated carbocycles. The van der Waals surface area contributed by atoms with Gasteiger partial charge >= 0.3 is 7.60 Å². The Morgan fingerprint density at radius 2 is 1.71 bits per heavy atom. The number of hydrogen-bond donors (Lipinski definition) is 3. The van der Waals surface area contributed by atoms with Crippen LogP contribution in [0.2, 0.25) is 0 Å². The summed E-state index contributed by atoms with van der Waals surface area (Å²) in [6.07, 6.45) is 7.18. The van der Waals surface area contributed by atoms with Crippen molar-refractivity contribution in [3.63, 3.8) is 0 Å². The lowest BCUT2D eigenvalue weighted by molar-refractivity contribution is -0.891. The maximum absolute atomic E-state index is 12.1. The molecule has 0 aromatic heterocycles. The van der Waals surface area contributed by atoms with Gasteiger partial charge in [-0.15, -0.1) is 0 Å². The molecular weight excluding hydrogens is 289 g/mol. The normalized spacial score (nSPS) is 22.8. The number of rotatable bonds is 7. The third-order valence-electron chi connectivity index (χ3n) is 4.74. The summed E-state index contributed by atoms with van der Waals surface area (Å²) in [7, 11) is 0.899. The topological polar surface area (TPSA) is 77.8 Å². The number of hydrogen-bond acceptors (Lipinski definition) is 2. The fourth-order valence-corrected chi connectivity index (χ4v) is 5.84. The van der Waals surface area contributed by atoms with Gasteiger partial charge in [0, 0.05) is 0 Å². The first kappa shape index (κ1) is 19.1. The first-order valence-electron chi connectivity index (χ1n) is 8.12. The highest BCUT2D eigenvalue weighted by atomic mass is 31.2. The summed E-state index contributed by atoms with van der Waals surface area (Å²) in [5, 5.41) is 11.4. The van der Waals surface area contributed by atoms with E-state index in [1.807, 2.05) is 6.92 Å². The van der Waals surface area contributed by atoms with Crippen molar-refractivity contribution in [2.75, 3.05) is 21.1 Å². The van der Waals surface area contributed by atoms with E-state index >= 15 is 0 Å². The summed E-state index contributed by atoms with van der Waals surface area (Å²) in [6, 6.07) is 0. The van der Waals surface area contributed by atoms with Gasteiger partial charge in [-0.2, -0.15) is 0 Å². The lowest BCUT2D eigenvalue weighted by atomic mass is 9.73. The molecule has 1 rings (SSSR count). The molecule has 2 unspecified atom stereocenters. The summed E-state index contributed by atoms with van der Waals surface area (Å²) in [5.74, 6) is -1.06. The van der Waals surface area contributed by atoms with Crippen molar-refractivity contribution in [1.82, 2.24) is 0 Å². The minimum Gasteiger partial charge on any atom is -0.383 e. The molecule has 1 aliphatic rings. The third kappa shape index (κ3) is 4.77. The Hall–Kier alpha value is 0.0700. The maximum atomic E-state index is 12.1. The van der Waals surface area contributed by atoms with Crippen LogP contribution in [0.5, 0.6) is 0 Å². The quantitative estimate of drug-likeness (QED) is 0.497. The van der Waals surface area contributed by atoms with Crippen molar-refractivity contribution in [3.05, 3.63) is 0 Å². The zero-order valence-corrected chi connectivity index (χ0v) is 14.9. The second-order valence-electron chi connectivity index (χ2n) is 7.51.